The van der Waals surface area contributed by atoms with Crippen LogP contribution < -0.4 is 0 Å². The molecule has 2 aliphatic rings. The van der Waals surface area contributed by atoms with Crippen molar-refractivity contribution in [2.24, 2.45) is 5.92 Å². The van der Waals surface area contributed by atoms with Crippen LogP contribution in [-0.2, 0) is 9.47 Å². The number of hydrogen-bond acceptors (Lipinski definition) is 2. The molecule has 2 rings (SSSR count). The van der Waals surface area contributed by atoms with Gasteiger partial charge in [-0.2, -0.15) is 0 Å². The van der Waals surface area contributed by atoms with Gasteiger partial charge in [0.2, 0.25) is 0 Å². The molecule has 0 spiro atoms. The highest BCUT2D eigenvalue weighted by Gasteiger charge is 2.24. The highest BCUT2D eigenvalue weighted by atomic mass is 16.7. The lowest BCUT2D eigenvalue weighted by molar-refractivity contribution is -0.183. The predicted octanol–water partition coefficient (Wildman–Crippen LogP) is 4.05. The third kappa shape index (κ3) is 4.11. The quantitative estimate of drug-likeness (QED) is 0.690. The van der Waals surface area contributed by atoms with E-state index in [1.165, 1.54) is 44.1 Å². The molecule has 17 heavy (non-hydrogen) atoms. The topological polar surface area (TPSA) is 18.5 Å². The molecular formula is C15H26O2. The van der Waals surface area contributed by atoms with Gasteiger partial charge in [0.25, 0.3) is 0 Å². The van der Waals surface area contributed by atoms with Crippen molar-refractivity contribution < 1.29 is 9.47 Å². The first-order valence-corrected chi connectivity index (χ1v) is 7.23. The average Bonchev–Trinajstić information content (AvgIpc) is 2.32. The Labute approximate surface area is 105 Å². The molecule has 2 heteroatoms. The maximum Gasteiger partial charge on any atom is 0.158 e. The maximum atomic E-state index is 6.16. The van der Waals surface area contributed by atoms with Crippen molar-refractivity contribution in [3.63, 3.8) is 0 Å². The molecule has 1 saturated carbocycles. The zero-order valence-corrected chi connectivity index (χ0v) is 11.3. The molecule has 98 valence electrons. The van der Waals surface area contributed by atoms with E-state index in [1.807, 2.05) is 0 Å². The summed E-state index contributed by atoms with van der Waals surface area (Å²) >= 11 is 0. The van der Waals surface area contributed by atoms with Gasteiger partial charge in [-0.3, -0.25) is 0 Å². The van der Waals surface area contributed by atoms with Crippen LogP contribution in [0.1, 0.15) is 58.8 Å². The summed E-state index contributed by atoms with van der Waals surface area (Å²) in [6.45, 7) is 5.37. The molecule has 2 fully saturated rings. The summed E-state index contributed by atoms with van der Waals surface area (Å²) in [5, 5.41) is 0. The standard InChI is InChI=1S/C15H26O2/c1-12(2)11-13-7-3-4-8-14(13)17-15-9-5-6-10-16-15/h11-12,14-15H,3-10H2,1-2H3/b13-11-. The Morgan fingerprint density at radius 1 is 1.18 bits per heavy atom. The third-order valence-electron chi connectivity index (χ3n) is 3.60. The van der Waals surface area contributed by atoms with E-state index in [2.05, 4.69) is 19.9 Å². The molecule has 1 saturated heterocycles. The Morgan fingerprint density at radius 3 is 2.71 bits per heavy atom. The number of rotatable bonds is 3. The van der Waals surface area contributed by atoms with Crippen LogP contribution in [0.5, 0.6) is 0 Å². The van der Waals surface area contributed by atoms with Gasteiger partial charge in [0.1, 0.15) is 0 Å². The molecule has 2 unspecified atom stereocenters. The van der Waals surface area contributed by atoms with Gasteiger partial charge in [0, 0.05) is 6.61 Å². The molecular weight excluding hydrogens is 212 g/mol. The van der Waals surface area contributed by atoms with Crippen molar-refractivity contribution in [2.45, 2.75) is 71.2 Å². The Kier molecular flexibility index (Phi) is 5.05. The molecule has 0 radical (unpaired) electrons. The van der Waals surface area contributed by atoms with Crippen LogP contribution in [0.25, 0.3) is 0 Å². The van der Waals surface area contributed by atoms with E-state index in [0.717, 1.165) is 13.0 Å². The largest absolute Gasteiger partial charge is 0.353 e. The van der Waals surface area contributed by atoms with Crippen LogP contribution in [0, 0.1) is 5.92 Å². The molecule has 0 aromatic rings. The molecule has 1 aliphatic heterocycles. The summed E-state index contributed by atoms with van der Waals surface area (Å²) in [4.78, 5) is 0. The summed E-state index contributed by atoms with van der Waals surface area (Å²) in [5.74, 6) is 0.626. The monoisotopic (exact) mass is 238 g/mol. The number of hydrogen-bond donors (Lipinski definition) is 0. The zero-order chi connectivity index (χ0) is 12.1. The summed E-state index contributed by atoms with van der Waals surface area (Å²) < 4.78 is 11.8. The lowest BCUT2D eigenvalue weighted by atomic mass is 9.90. The second kappa shape index (κ2) is 6.55. The fourth-order valence-electron chi connectivity index (χ4n) is 2.78. The highest BCUT2D eigenvalue weighted by Crippen LogP contribution is 2.29. The minimum absolute atomic E-state index is 0.0578. The minimum atomic E-state index is 0.0578. The van der Waals surface area contributed by atoms with Gasteiger partial charge in [0.05, 0.1) is 6.10 Å². The van der Waals surface area contributed by atoms with E-state index in [4.69, 9.17) is 9.47 Å². The lowest BCUT2D eigenvalue weighted by Gasteiger charge is -2.32. The number of ether oxygens (including phenoxy) is 2. The Balaban J connectivity index is 1.91. The Hall–Kier alpha value is -0.340. The van der Waals surface area contributed by atoms with E-state index >= 15 is 0 Å². The van der Waals surface area contributed by atoms with E-state index in [1.54, 1.807) is 0 Å². The highest BCUT2D eigenvalue weighted by molar-refractivity contribution is 5.12. The molecule has 2 nitrogen and oxygen atoms in total. The van der Waals surface area contributed by atoms with Crippen molar-refractivity contribution >= 4 is 0 Å². The van der Waals surface area contributed by atoms with E-state index in [-0.39, 0.29) is 6.29 Å². The fraction of sp³-hybridized carbons (Fsp3) is 0.867. The van der Waals surface area contributed by atoms with Crippen molar-refractivity contribution in [2.75, 3.05) is 6.61 Å². The summed E-state index contributed by atoms with van der Waals surface area (Å²) in [6, 6.07) is 0. The van der Waals surface area contributed by atoms with Gasteiger partial charge in [-0.05, 0) is 50.0 Å². The molecule has 1 aliphatic carbocycles. The first-order valence-electron chi connectivity index (χ1n) is 7.23. The second-order valence-electron chi connectivity index (χ2n) is 5.65. The van der Waals surface area contributed by atoms with Crippen molar-refractivity contribution in [3.05, 3.63) is 11.6 Å². The van der Waals surface area contributed by atoms with Crippen LogP contribution in [0.3, 0.4) is 0 Å². The van der Waals surface area contributed by atoms with Crippen LogP contribution in [0.2, 0.25) is 0 Å². The normalized spacial score (nSPS) is 33.2. The maximum absolute atomic E-state index is 6.16. The zero-order valence-electron chi connectivity index (χ0n) is 11.3. The third-order valence-corrected chi connectivity index (χ3v) is 3.60. The molecule has 2 atom stereocenters. The number of allylic oxidation sites excluding steroid dienone is 1. The predicted molar refractivity (Wildman–Crippen MR) is 69.9 cm³/mol. The van der Waals surface area contributed by atoms with Gasteiger partial charge < -0.3 is 9.47 Å². The smallest absolute Gasteiger partial charge is 0.158 e. The summed E-state index contributed by atoms with van der Waals surface area (Å²) in [7, 11) is 0. The van der Waals surface area contributed by atoms with Crippen LogP contribution in [0.4, 0.5) is 0 Å². The van der Waals surface area contributed by atoms with Gasteiger partial charge in [-0.25, -0.2) is 0 Å². The van der Waals surface area contributed by atoms with E-state index in [0.29, 0.717) is 12.0 Å². The molecule has 0 aromatic heterocycles. The summed E-state index contributed by atoms with van der Waals surface area (Å²) in [6.07, 6.45) is 11.3. The molecule has 0 aromatic carbocycles. The van der Waals surface area contributed by atoms with Crippen LogP contribution in [0.15, 0.2) is 11.6 Å². The first-order chi connectivity index (χ1) is 8.25. The fourth-order valence-corrected chi connectivity index (χ4v) is 2.78. The van der Waals surface area contributed by atoms with Gasteiger partial charge in [-0.1, -0.05) is 26.3 Å². The van der Waals surface area contributed by atoms with Crippen LogP contribution >= 0.6 is 0 Å². The van der Waals surface area contributed by atoms with E-state index < -0.39 is 0 Å². The average molecular weight is 238 g/mol. The summed E-state index contributed by atoms with van der Waals surface area (Å²) in [5.41, 5.74) is 1.51. The van der Waals surface area contributed by atoms with Gasteiger partial charge in [0.15, 0.2) is 6.29 Å². The first kappa shape index (κ1) is 13.1. The second-order valence-corrected chi connectivity index (χ2v) is 5.65. The van der Waals surface area contributed by atoms with Gasteiger partial charge >= 0.3 is 0 Å². The van der Waals surface area contributed by atoms with Crippen molar-refractivity contribution in [1.29, 1.82) is 0 Å². The van der Waals surface area contributed by atoms with Gasteiger partial charge in [-0.15, -0.1) is 0 Å². The molecule has 1 heterocycles. The van der Waals surface area contributed by atoms with Crippen molar-refractivity contribution in [3.8, 4) is 0 Å². The lowest BCUT2D eigenvalue weighted by Crippen LogP contribution is -2.30. The SMILES string of the molecule is CC(C)/C=C1/CCCCC1OC1CCCCO1. The molecule has 0 amide bonds. The van der Waals surface area contributed by atoms with Crippen molar-refractivity contribution in [1.82, 2.24) is 0 Å². The van der Waals surface area contributed by atoms with E-state index in [9.17, 15) is 0 Å². The Morgan fingerprint density at radius 2 is 2.00 bits per heavy atom. The minimum Gasteiger partial charge on any atom is -0.353 e. The molecule has 0 N–H and O–H groups in total. The Bertz CT molecular complexity index is 252. The molecule has 0 bridgehead atoms. The van der Waals surface area contributed by atoms with Crippen LogP contribution in [-0.4, -0.2) is 19.0 Å².